The van der Waals surface area contributed by atoms with Gasteiger partial charge in [-0.3, -0.25) is 9.78 Å². The van der Waals surface area contributed by atoms with E-state index in [1.165, 1.54) is 23.3 Å². The van der Waals surface area contributed by atoms with Crippen molar-refractivity contribution in [1.29, 1.82) is 0 Å². The molecule has 2 aromatic heterocycles. The van der Waals surface area contributed by atoms with E-state index < -0.39 is 10.0 Å². The number of piperazine rings is 1. The lowest BCUT2D eigenvalue weighted by Gasteiger charge is -2.34. The van der Waals surface area contributed by atoms with Crippen molar-refractivity contribution in [2.75, 3.05) is 26.2 Å². The van der Waals surface area contributed by atoms with Crippen LogP contribution in [0.15, 0.2) is 35.6 Å². The first-order valence-electron chi connectivity index (χ1n) is 10.5. The van der Waals surface area contributed by atoms with Crippen LogP contribution in [0.4, 0.5) is 0 Å². The minimum Gasteiger partial charge on any atom is -0.340 e. The molecule has 1 saturated heterocycles. The summed E-state index contributed by atoms with van der Waals surface area (Å²) >= 11 is 0. The van der Waals surface area contributed by atoms with Crippen LogP contribution in [0.25, 0.3) is 11.4 Å². The number of hydrogen-bond acceptors (Lipinski definition) is 6. The predicted octanol–water partition coefficient (Wildman–Crippen LogP) is 2.26. The molecule has 8 nitrogen and oxygen atoms in total. The Bertz CT molecular complexity index is 999. The third-order valence-electron chi connectivity index (χ3n) is 6.00. The Morgan fingerprint density at radius 3 is 2.50 bits per heavy atom. The predicted molar refractivity (Wildman–Crippen MR) is 112 cm³/mol. The van der Waals surface area contributed by atoms with Crippen LogP contribution in [0.3, 0.4) is 0 Å². The number of nitrogens with zero attached hydrogens (tertiary/aromatic N) is 5. The molecule has 2 aromatic rings. The standard InChI is InChI=1S/C21H27N5O3S/c1-16-19(15-23-21(24-16)18-7-4-8-22-14-18)30(28,29)26-11-9-25(10-12-26)20(27)13-17-5-2-3-6-17/h4,7-8,14-15,17H,2-3,5-6,9-13H2,1H3. The van der Waals surface area contributed by atoms with E-state index in [9.17, 15) is 13.2 Å². The first kappa shape index (κ1) is 20.9. The molecule has 160 valence electrons. The molecule has 0 N–H and O–H groups in total. The lowest BCUT2D eigenvalue weighted by molar-refractivity contribution is -0.133. The molecule has 1 saturated carbocycles. The summed E-state index contributed by atoms with van der Waals surface area (Å²) in [5.41, 5.74) is 1.14. The Morgan fingerprint density at radius 2 is 1.87 bits per heavy atom. The summed E-state index contributed by atoms with van der Waals surface area (Å²) in [6, 6.07) is 3.62. The molecule has 0 unspecified atom stereocenters. The van der Waals surface area contributed by atoms with Crippen LogP contribution in [0.2, 0.25) is 0 Å². The van der Waals surface area contributed by atoms with Crippen molar-refractivity contribution < 1.29 is 13.2 Å². The maximum absolute atomic E-state index is 13.1. The molecule has 30 heavy (non-hydrogen) atoms. The van der Waals surface area contributed by atoms with Gasteiger partial charge in [0, 0.05) is 50.6 Å². The van der Waals surface area contributed by atoms with Crippen LogP contribution < -0.4 is 0 Å². The third kappa shape index (κ3) is 4.37. The maximum Gasteiger partial charge on any atom is 0.246 e. The van der Waals surface area contributed by atoms with Gasteiger partial charge in [0.05, 0.1) is 11.9 Å². The molecule has 0 aromatic carbocycles. The van der Waals surface area contributed by atoms with Crippen LogP contribution in [-0.2, 0) is 14.8 Å². The molecule has 2 fully saturated rings. The summed E-state index contributed by atoms with van der Waals surface area (Å²) in [5, 5.41) is 0. The van der Waals surface area contributed by atoms with Gasteiger partial charge >= 0.3 is 0 Å². The molecule has 4 rings (SSSR count). The van der Waals surface area contributed by atoms with Gasteiger partial charge in [-0.2, -0.15) is 4.31 Å². The second kappa shape index (κ2) is 8.77. The van der Waals surface area contributed by atoms with Crippen LogP contribution in [0.1, 0.15) is 37.8 Å². The third-order valence-corrected chi connectivity index (χ3v) is 8.00. The Balaban J connectivity index is 1.42. The molecule has 9 heteroatoms. The number of aryl methyl sites for hydroxylation is 1. The summed E-state index contributed by atoms with van der Waals surface area (Å²) in [7, 11) is -3.71. The zero-order chi connectivity index (χ0) is 21.1. The molecule has 1 aliphatic heterocycles. The van der Waals surface area contributed by atoms with Gasteiger partial charge in [-0.25, -0.2) is 18.4 Å². The number of pyridine rings is 1. The average molecular weight is 430 g/mol. The zero-order valence-corrected chi connectivity index (χ0v) is 18.0. The van der Waals surface area contributed by atoms with E-state index in [-0.39, 0.29) is 10.8 Å². The molecule has 0 radical (unpaired) electrons. The van der Waals surface area contributed by atoms with E-state index in [4.69, 9.17) is 0 Å². The summed E-state index contributed by atoms with van der Waals surface area (Å²) in [6.45, 7) is 3.12. The number of carbonyl (C=O) groups excluding carboxylic acids is 1. The van der Waals surface area contributed by atoms with Crippen molar-refractivity contribution in [2.24, 2.45) is 5.92 Å². The largest absolute Gasteiger partial charge is 0.340 e. The zero-order valence-electron chi connectivity index (χ0n) is 17.2. The highest BCUT2D eigenvalue weighted by atomic mass is 32.2. The Labute approximate surface area is 177 Å². The topological polar surface area (TPSA) is 96.4 Å². The number of aromatic nitrogens is 3. The number of hydrogen-bond donors (Lipinski definition) is 0. The Hall–Kier alpha value is -2.39. The molecule has 1 aliphatic carbocycles. The Kier molecular flexibility index (Phi) is 6.10. The molecule has 2 aliphatic rings. The second-order valence-corrected chi connectivity index (χ2v) is 9.93. The van der Waals surface area contributed by atoms with Gasteiger partial charge in [-0.05, 0) is 37.8 Å². The van der Waals surface area contributed by atoms with Crippen molar-refractivity contribution in [1.82, 2.24) is 24.2 Å². The van der Waals surface area contributed by atoms with E-state index in [0.717, 1.165) is 18.4 Å². The second-order valence-electron chi connectivity index (χ2n) is 8.02. The molecule has 0 bridgehead atoms. The number of sulfonamides is 1. The lowest BCUT2D eigenvalue weighted by atomic mass is 10.0. The lowest BCUT2D eigenvalue weighted by Crippen LogP contribution is -2.50. The van der Waals surface area contributed by atoms with Crippen molar-refractivity contribution in [3.8, 4) is 11.4 Å². The highest BCUT2D eigenvalue weighted by Crippen LogP contribution is 2.28. The Morgan fingerprint density at radius 1 is 1.13 bits per heavy atom. The summed E-state index contributed by atoms with van der Waals surface area (Å²) < 4.78 is 27.7. The number of rotatable bonds is 5. The fourth-order valence-electron chi connectivity index (χ4n) is 4.25. The molecular weight excluding hydrogens is 402 g/mol. The highest BCUT2D eigenvalue weighted by molar-refractivity contribution is 7.89. The van der Waals surface area contributed by atoms with Gasteiger partial charge < -0.3 is 4.90 Å². The van der Waals surface area contributed by atoms with E-state index in [1.807, 2.05) is 6.07 Å². The van der Waals surface area contributed by atoms with Crippen LogP contribution in [-0.4, -0.2) is 64.7 Å². The first-order chi connectivity index (χ1) is 14.4. The van der Waals surface area contributed by atoms with E-state index in [1.54, 1.807) is 30.3 Å². The highest BCUT2D eigenvalue weighted by Gasteiger charge is 2.32. The number of amides is 1. The van der Waals surface area contributed by atoms with E-state index in [0.29, 0.717) is 50.0 Å². The molecular formula is C21H27N5O3S. The van der Waals surface area contributed by atoms with Crippen LogP contribution in [0, 0.1) is 12.8 Å². The van der Waals surface area contributed by atoms with Gasteiger partial charge in [0.15, 0.2) is 5.82 Å². The monoisotopic (exact) mass is 429 g/mol. The van der Waals surface area contributed by atoms with Crippen molar-refractivity contribution in [2.45, 2.75) is 43.9 Å². The molecule has 0 spiro atoms. The van der Waals surface area contributed by atoms with E-state index in [2.05, 4.69) is 15.0 Å². The van der Waals surface area contributed by atoms with Crippen LogP contribution in [0.5, 0.6) is 0 Å². The minimum absolute atomic E-state index is 0.112. The van der Waals surface area contributed by atoms with Crippen molar-refractivity contribution in [3.63, 3.8) is 0 Å². The normalized spacial score (nSPS) is 18.6. The smallest absolute Gasteiger partial charge is 0.246 e. The summed E-state index contributed by atoms with van der Waals surface area (Å²) in [5.74, 6) is 1.10. The average Bonchev–Trinajstić information content (AvgIpc) is 3.27. The minimum atomic E-state index is -3.71. The van der Waals surface area contributed by atoms with Gasteiger partial charge in [0.25, 0.3) is 0 Å². The maximum atomic E-state index is 13.1. The fraction of sp³-hybridized carbons (Fsp3) is 0.524. The van der Waals surface area contributed by atoms with Crippen molar-refractivity contribution >= 4 is 15.9 Å². The molecule has 1 amide bonds. The van der Waals surface area contributed by atoms with E-state index >= 15 is 0 Å². The molecule has 3 heterocycles. The summed E-state index contributed by atoms with van der Waals surface area (Å²) in [6.07, 6.45) is 9.96. The van der Waals surface area contributed by atoms with Gasteiger partial charge in [0.1, 0.15) is 4.90 Å². The van der Waals surface area contributed by atoms with Gasteiger partial charge in [-0.15, -0.1) is 0 Å². The van der Waals surface area contributed by atoms with Crippen molar-refractivity contribution in [3.05, 3.63) is 36.4 Å². The number of carbonyl (C=O) groups is 1. The van der Waals surface area contributed by atoms with Gasteiger partial charge in [0.2, 0.25) is 15.9 Å². The first-order valence-corrected chi connectivity index (χ1v) is 11.9. The van der Waals surface area contributed by atoms with Crippen LogP contribution >= 0.6 is 0 Å². The SMILES string of the molecule is Cc1nc(-c2cccnc2)ncc1S(=O)(=O)N1CCN(C(=O)CC2CCCC2)CC1. The van der Waals surface area contributed by atoms with Gasteiger partial charge in [-0.1, -0.05) is 12.8 Å². The molecule has 0 atom stereocenters. The fourth-order valence-corrected chi connectivity index (χ4v) is 5.78. The quantitative estimate of drug-likeness (QED) is 0.723. The summed E-state index contributed by atoms with van der Waals surface area (Å²) in [4.78, 5) is 27.1.